The average Bonchev–Trinajstić information content (AvgIpc) is 3.33. The van der Waals surface area contributed by atoms with E-state index in [9.17, 15) is 9.59 Å². The lowest BCUT2D eigenvalue weighted by molar-refractivity contribution is -0.120. The second kappa shape index (κ2) is 9.57. The van der Waals surface area contributed by atoms with Crippen molar-refractivity contribution in [3.63, 3.8) is 0 Å². The van der Waals surface area contributed by atoms with Gasteiger partial charge < -0.3 is 4.57 Å². The Morgan fingerprint density at radius 2 is 1.36 bits per heavy atom. The van der Waals surface area contributed by atoms with Crippen LogP contribution in [0.4, 0.5) is 11.4 Å². The van der Waals surface area contributed by atoms with Gasteiger partial charge in [0.15, 0.2) is 5.11 Å². The molecule has 4 aromatic rings. The molecule has 178 valence electrons. The fraction of sp³-hybridized carbons (Fsp3) is 0.0690. The Balaban J connectivity index is 1.65. The molecule has 0 radical (unpaired) electrons. The van der Waals surface area contributed by atoms with E-state index in [2.05, 4.69) is 0 Å². The Morgan fingerprint density at radius 3 is 2.03 bits per heavy atom. The highest BCUT2D eigenvalue weighted by molar-refractivity contribution is 7.81. The summed E-state index contributed by atoms with van der Waals surface area (Å²) < 4.78 is 1.89. The van der Waals surface area contributed by atoms with Gasteiger partial charge in [0.25, 0.3) is 11.8 Å². The third-order valence-electron chi connectivity index (χ3n) is 6.19. The fourth-order valence-electron chi connectivity index (χ4n) is 4.12. The highest BCUT2D eigenvalue weighted by atomic mass is 35.5. The SMILES string of the molecule is Cc1ccc(N2C(=O)/C(=C\c3cccn3-c3ccc(Cl)cc3)C(=O)N(c3ccccc3)C2=S)cc1C. The van der Waals surface area contributed by atoms with Crippen molar-refractivity contribution in [1.82, 2.24) is 4.57 Å². The number of amides is 2. The molecule has 1 aliphatic heterocycles. The van der Waals surface area contributed by atoms with Gasteiger partial charge in [-0.05, 0) is 104 Å². The Morgan fingerprint density at radius 1 is 0.722 bits per heavy atom. The van der Waals surface area contributed by atoms with Crippen molar-refractivity contribution in [2.75, 3.05) is 9.80 Å². The number of thiocarbonyl (C=S) groups is 1. The molecule has 2 heterocycles. The molecule has 3 aromatic carbocycles. The summed E-state index contributed by atoms with van der Waals surface area (Å²) in [6, 6.07) is 25.9. The molecule has 0 N–H and O–H groups in total. The summed E-state index contributed by atoms with van der Waals surface area (Å²) in [7, 11) is 0. The van der Waals surface area contributed by atoms with Crippen LogP contribution in [0.2, 0.25) is 5.02 Å². The average molecular weight is 512 g/mol. The number of benzene rings is 3. The van der Waals surface area contributed by atoms with Gasteiger partial charge in [0.05, 0.1) is 11.4 Å². The molecule has 0 bridgehead atoms. The lowest BCUT2D eigenvalue weighted by atomic mass is 10.1. The molecular formula is C29H22ClN3O2S. The van der Waals surface area contributed by atoms with Crippen LogP contribution in [0, 0.1) is 13.8 Å². The summed E-state index contributed by atoms with van der Waals surface area (Å²) in [4.78, 5) is 30.4. The van der Waals surface area contributed by atoms with Crippen LogP contribution in [-0.2, 0) is 9.59 Å². The minimum atomic E-state index is -0.472. The van der Waals surface area contributed by atoms with Gasteiger partial charge in [0.1, 0.15) is 5.57 Å². The minimum Gasteiger partial charge on any atom is -0.317 e. The van der Waals surface area contributed by atoms with Crippen LogP contribution in [0.5, 0.6) is 0 Å². The van der Waals surface area contributed by atoms with E-state index in [1.807, 2.05) is 85.3 Å². The van der Waals surface area contributed by atoms with Crippen LogP contribution in [0.15, 0.2) is 96.7 Å². The Kier molecular flexibility index (Phi) is 6.31. The number of nitrogens with zero attached hydrogens (tertiary/aromatic N) is 3. The van der Waals surface area contributed by atoms with Gasteiger partial charge in [0.2, 0.25) is 0 Å². The second-order valence-corrected chi connectivity index (χ2v) is 9.31. The Bertz CT molecular complexity index is 1520. The van der Waals surface area contributed by atoms with Crippen LogP contribution >= 0.6 is 23.8 Å². The van der Waals surface area contributed by atoms with Crippen LogP contribution in [0.1, 0.15) is 16.8 Å². The minimum absolute atomic E-state index is 0.0135. The van der Waals surface area contributed by atoms with Crippen molar-refractivity contribution in [3.05, 3.63) is 119 Å². The molecule has 2 amide bonds. The Labute approximate surface area is 219 Å². The molecule has 0 saturated carbocycles. The standard InChI is InChI=1S/C29H22ClN3O2S/c1-19-10-13-25(17-20(19)2)33-28(35)26(27(34)32(29(33)36)23-7-4-3-5-8-23)18-24-9-6-16-31(24)22-14-11-21(30)12-15-22/h3-18H,1-2H3/b26-18-. The highest BCUT2D eigenvalue weighted by Crippen LogP contribution is 2.31. The van der Waals surface area contributed by atoms with Crippen LogP contribution < -0.4 is 9.80 Å². The van der Waals surface area contributed by atoms with Crippen molar-refractivity contribution in [2.24, 2.45) is 0 Å². The van der Waals surface area contributed by atoms with Crippen LogP contribution in [0.25, 0.3) is 11.8 Å². The van der Waals surface area contributed by atoms with E-state index >= 15 is 0 Å². The van der Waals surface area contributed by atoms with E-state index in [4.69, 9.17) is 23.8 Å². The van der Waals surface area contributed by atoms with E-state index in [0.29, 0.717) is 22.1 Å². The lowest BCUT2D eigenvalue weighted by Gasteiger charge is -2.36. The number of hydrogen-bond acceptors (Lipinski definition) is 3. The molecule has 0 spiro atoms. The number of carbonyl (C=O) groups is 2. The maximum atomic E-state index is 13.8. The zero-order chi connectivity index (χ0) is 25.4. The largest absolute Gasteiger partial charge is 0.317 e. The molecule has 0 unspecified atom stereocenters. The molecule has 0 aliphatic carbocycles. The summed E-state index contributed by atoms with van der Waals surface area (Å²) in [6.07, 6.45) is 3.49. The van der Waals surface area contributed by atoms with Crippen LogP contribution in [-0.4, -0.2) is 21.5 Å². The van der Waals surface area contributed by atoms with Crippen molar-refractivity contribution in [2.45, 2.75) is 13.8 Å². The number of carbonyl (C=O) groups excluding carboxylic acids is 2. The first-order valence-electron chi connectivity index (χ1n) is 11.4. The number of halogens is 1. The summed E-state index contributed by atoms with van der Waals surface area (Å²) in [5.74, 6) is -0.940. The van der Waals surface area contributed by atoms with Crippen molar-refractivity contribution in [3.8, 4) is 5.69 Å². The number of anilines is 2. The van der Waals surface area contributed by atoms with Gasteiger partial charge in [0, 0.05) is 22.6 Å². The van der Waals surface area contributed by atoms with Gasteiger partial charge >= 0.3 is 0 Å². The van der Waals surface area contributed by atoms with Gasteiger partial charge in [-0.15, -0.1) is 0 Å². The van der Waals surface area contributed by atoms with Gasteiger partial charge in [-0.2, -0.15) is 0 Å². The van der Waals surface area contributed by atoms with Gasteiger partial charge in [-0.1, -0.05) is 35.9 Å². The van der Waals surface area contributed by atoms with Crippen molar-refractivity contribution < 1.29 is 9.59 Å². The molecule has 1 aliphatic rings. The van der Waals surface area contributed by atoms with E-state index in [0.717, 1.165) is 16.8 Å². The smallest absolute Gasteiger partial charge is 0.270 e. The number of rotatable bonds is 4. The molecule has 7 heteroatoms. The molecule has 0 atom stereocenters. The summed E-state index contributed by atoms with van der Waals surface area (Å²) >= 11 is 11.8. The summed E-state index contributed by atoms with van der Waals surface area (Å²) in [5, 5.41) is 0.740. The van der Waals surface area contributed by atoms with E-state index in [-0.39, 0.29) is 10.7 Å². The number of aryl methyl sites for hydroxylation is 2. The highest BCUT2D eigenvalue weighted by Gasteiger charge is 2.41. The first kappa shape index (κ1) is 23.7. The van der Waals surface area contributed by atoms with Crippen molar-refractivity contribution >= 4 is 58.2 Å². The first-order chi connectivity index (χ1) is 17.3. The molecule has 5 nitrogen and oxygen atoms in total. The van der Waals surface area contributed by atoms with Crippen molar-refractivity contribution in [1.29, 1.82) is 0 Å². The molecule has 36 heavy (non-hydrogen) atoms. The van der Waals surface area contributed by atoms with E-state index in [1.165, 1.54) is 9.80 Å². The third-order valence-corrected chi connectivity index (χ3v) is 6.81. The maximum absolute atomic E-state index is 13.8. The first-order valence-corrected chi connectivity index (χ1v) is 12.1. The zero-order valence-corrected chi connectivity index (χ0v) is 21.3. The number of para-hydroxylation sites is 1. The van der Waals surface area contributed by atoms with Crippen LogP contribution in [0.3, 0.4) is 0 Å². The predicted molar refractivity (Wildman–Crippen MR) is 149 cm³/mol. The topological polar surface area (TPSA) is 45.6 Å². The number of aromatic nitrogens is 1. The third kappa shape index (κ3) is 4.26. The number of hydrogen-bond donors (Lipinski definition) is 0. The zero-order valence-electron chi connectivity index (χ0n) is 19.7. The van der Waals surface area contributed by atoms with E-state index in [1.54, 1.807) is 30.3 Å². The molecule has 5 rings (SSSR count). The molecule has 1 aromatic heterocycles. The second-order valence-electron chi connectivity index (χ2n) is 8.51. The molecule has 1 fully saturated rings. The molecular weight excluding hydrogens is 490 g/mol. The van der Waals surface area contributed by atoms with Gasteiger partial charge in [-0.25, -0.2) is 0 Å². The lowest BCUT2D eigenvalue weighted by Crippen LogP contribution is -2.57. The monoisotopic (exact) mass is 511 g/mol. The predicted octanol–water partition coefficient (Wildman–Crippen LogP) is 6.50. The summed E-state index contributed by atoms with van der Waals surface area (Å²) in [5.41, 5.74) is 4.87. The Hall–Kier alpha value is -4.00. The molecule has 1 saturated heterocycles. The quantitative estimate of drug-likeness (QED) is 0.178. The maximum Gasteiger partial charge on any atom is 0.270 e. The normalized spacial score (nSPS) is 15.2. The summed E-state index contributed by atoms with van der Waals surface area (Å²) in [6.45, 7) is 3.98. The van der Waals surface area contributed by atoms with E-state index < -0.39 is 11.8 Å². The fourth-order valence-corrected chi connectivity index (χ4v) is 4.63. The van der Waals surface area contributed by atoms with Gasteiger partial charge in [-0.3, -0.25) is 19.4 Å².